The lowest BCUT2D eigenvalue weighted by Crippen LogP contribution is -2.40. The van der Waals surface area contributed by atoms with Crippen molar-refractivity contribution in [3.05, 3.63) is 0 Å². The molecule has 0 heterocycles. The summed E-state index contributed by atoms with van der Waals surface area (Å²) in [6, 6.07) is 0. The fourth-order valence-corrected chi connectivity index (χ4v) is 3.16. The van der Waals surface area contributed by atoms with Crippen LogP contribution >= 0.6 is 0 Å². The topological polar surface area (TPSA) is 12.0 Å². The van der Waals surface area contributed by atoms with Gasteiger partial charge in [0.25, 0.3) is 0 Å². The summed E-state index contributed by atoms with van der Waals surface area (Å²) >= 11 is 0. The van der Waals surface area contributed by atoms with Gasteiger partial charge in [-0.25, -0.2) is 0 Å². The Morgan fingerprint density at radius 3 is 2.22 bits per heavy atom. The van der Waals surface area contributed by atoms with Crippen LogP contribution in [-0.2, 0) is 0 Å². The van der Waals surface area contributed by atoms with Crippen molar-refractivity contribution < 1.29 is 0 Å². The van der Waals surface area contributed by atoms with Gasteiger partial charge in [0.2, 0.25) is 0 Å². The van der Waals surface area contributed by atoms with E-state index in [1.807, 2.05) is 0 Å². The molecule has 0 aliphatic heterocycles. The minimum absolute atomic E-state index is 0.271. The van der Waals surface area contributed by atoms with Crippen molar-refractivity contribution in [3.8, 4) is 0 Å². The molecule has 1 N–H and O–H groups in total. The number of hydrogen-bond donors (Lipinski definition) is 1. The highest BCUT2D eigenvalue weighted by molar-refractivity contribution is 4.80. The summed E-state index contributed by atoms with van der Waals surface area (Å²) in [6.45, 7) is 12.8. The van der Waals surface area contributed by atoms with Gasteiger partial charge in [0.15, 0.2) is 0 Å². The summed E-state index contributed by atoms with van der Waals surface area (Å²) in [5.74, 6) is 2.79. The third-order valence-electron chi connectivity index (χ3n) is 4.61. The van der Waals surface area contributed by atoms with E-state index < -0.39 is 0 Å². The molecule has 3 unspecified atom stereocenters. The van der Waals surface area contributed by atoms with E-state index in [0.29, 0.717) is 0 Å². The van der Waals surface area contributed by atoms with Gasteiger partial charge in [-0.1, -0.05) is 46.0 Å². The summed E-state index contributed by atoms with van der Waals surface area (Å²) in [5.41, 5.74) is 0.271. The van der Waals surface area contributed by atoms with Crippen molar-refractivity contribution in [1.82, 2.24) is 5.32 Å². The average Bonchev–Trinajstić information content (AvgIpc) is 2.50. The second kappa shape index (κ2) is 7.53. The van der Waals surface area contributed by atoms with Crippen LogP contribution in [0.4, 0.5) is 0 Å². The molecule has 0 amide bonds. The first kappa shape index (κ1) is 16.0. The van der Waals surface area contributed by atoms with Crippen molar-refractivity contribution in [3.63, 3.8) is 0 Å². The number of nitrogens with one attached hydrogen (secondary N) is 1. The minimum Gasteiger partial charge on any atom is -0.312 e. The lowest BCUT2D eigenvalue weighted by atomic mass is 9.80. The Morgan fingerprint density at radius 2 is 1.67 bits per heavy atom. The van der Waals surface area contributed by atoms with Gasteiger partial charge in [-0.05, 0) is 57.9 Å². The molecule has 3 atom stereocenters. The van der Waals surface area contributed by atoms with Crippen molar-refractivity contribution in [2.24, 2.45) is 17.8 Å². The van der Waals surface area contributed by atoms with Crippen LogP contribution in [0, 0.1) is 17.8 Å². The Labute approximate surface area is 115 Å². The van der Waals surface area contributed by atoms with Crippen LogP contribution in [0.1, 0.15) is 79.6 Å². The summed E-state index contributed by atoms with van der Waals surface area (Å²) in [4.78, 5) is 0. The molecule has 1 heteroatoms. The van der Waals surface area contributed by atoms with Gasteiger partial charge >= 0.3 is 0 Å². The first-order chi connectivity index (χ1) is 8.42. The van der Waals surface area contributed by atoms with Gasteiger partial charge in [-0.3, -0.25) is 0 Å². The molecule has 1 aliphatic rings. The molecule has 1 nitrogen and oxygen atoms in total. The highest BCUT2D eigenvalue weighted by atomic mass is 14.9. The highest BCUT2D eigenvalue weighted by Gasteiger charge is 2.25. The lowest BCUT2D eigenvalue weighted by Gasteiger charge is -2.31. The van der Waals surface area contributed by atoms with Gasteiger partial charge in [0.1, 0.15) is 0 Å². The lowest BCUT2D eigenvalue weighted by molar-refractivity contribution is 0.232. The number of hydrogen-bond acceptors (Lipinski definition) is 1. The first-order valence-corrected chi connectivity index (χ1v) is 8.17. The molecular formula is C17H35N. The molecule has 0 saturated heterocycles. The summed E-state index contributed by atoms with van der Waals surface area (Å²) < 4.78 is 0. The van der Waals surface area contributed by atoms with Crippen LogP contribution < -0.4 is 5.32 Å². The SMILES string of the molecule is CCC(C)CC1CCCCCC1CNC(C)(C)C. The molecule has 1 fully saturated rings. The van der Waals surface area contributed by atoms with E-state index >= 15 is 0 Å². The van der Waals surface area contributed by atoms with E-state index in [-0.39, 0.29) is 5.54 Å². The van der Waals surface area contributed by atoms with E-state index in [0.717, 1.165) is 17.8 Å². The molecule has 0 spiro atoms. The maximum atomic E-state index is 3.74. The van der Waals surface area contributed by atoms with Crippen LogP contribution in [0.3, 0.4) is 0 Å². The highest BCUT2D eigenvalue weighted by Crippen LogP contribution is 2.33. The monoisotopic (exact) mass is 253 g/mol. The third-order valence-corrected chi connectivity index (χ3v) is 4.61. The van der Waals surface area contributed by atoms with Gasteiger partial charge in [0.05, 0.1) is 0 Å². The Bertz CT molecular complexity index is 216. The average molecular weight is 253 g/mol. The summed E-state index contributed by atoms with van der Waals surface area (Å²) in [5, 5.41) is 3.74. The van der Waals surface area contributed by atoms with Gasteiger partial charge in [0, 0.05) is 5.54 Å². The predicted molar refractivity (Wildman–Crippen MR) is 81.9 cm³/mol. The summed E-state index contributed by atoms with van der Waals surface area (Å²) in [6.07, 6.45) is 10.1. The molecule has 0 radical (unpaired) electrons. The summed E-state index contributed by atoms with van der Waals surface area (Å²) in [7, 11) is 0. The van der Waals surface area contributed by atoms with Crippen LogP contribution in [0.25, 0.3) is 0 Å². The Balaban J connectivity index is 2.51. The maximum Gasteiger partial charge on any atom is 0.00966 e. The van der Waals surface area contributed by atoms with Crippen LogP contribution in [0.5, 0.6) is 0 Å². The smallest absolute Gasteiger partial charge is 0.00966 e. The zero-order valence-corrected chi connectivity index (χ0v) is 13.4. The molecule has 108 valence electrons. The molecule has 1 aliphatic carbocycles. The Morgan fingerprint density at radius 1 is 1.06 bits per heavy atom. The zero-order valence-electron chi connectivity index (χ0n) is 13.4. The normalized spacial score (nSPS) is 27.8. The van der Waals surface area contributed by atoms with Crippen molar-refractivity contribution in [2.75, 3.05) is 6.54 Å². The van der Waals surface area contributed by atoms with Gasteiger partial charge in [-0.2, -0.15) is 0 Å². The van der Waals surface area contributed by atoms with E-state index in [4.69, 9.17) is 0 Å². The van der Waals surface area contributed by atoms with Crippen LogP contribution in [0.15, 0.2) is 0 Å². The Hall–Kier alpha value is -0.0400. The second-order valence-electron chi connectivity index (χ2n) is 7.54. The van der Waals surface area contributed by atoms with Gasteiger partial charge in [-0.15, -0.1) is 0 Å². The zero-order chi connectivity index (χ0) is 13.6. The van der Waals surface area contributed by atoms with Crippen LogP contribution in [0.2, 0.25) is 0 Å². The molecule has 18 heavy (non-hydrogen) atoms. The van der Waals surface area contributed by atoms with Gasteiger partial charge < -0.3 is 5.32 Å². The van der Waals surface area contributed by atoms with E-state index in [2.05, 4.69) is 39.9 Å². The largest absolute Gasteiger partial charge is 0.312 e. The van der Waals surface area contributed by atoms with Crippen molar-refractivity contribution >= 4 is 0 Å². The molecule has 0 aromatic carbocycles. The quantitative estimate of drug-likeness (QED) is 0.679. The molecule has 0 aromatic rings. The molecular weight excluding hydrogens is 218 g/mol. The minimum atomic E-state index is 0.271. The fraction of sp³-hybridized carbons (Fsp3) is 1.00. The molecule has 0 aromatic heterocycles. The van der Waals surface area contributed by atoms with E-state index in [1.54, 1.807) is 0 Å². The van der Waals surface area contributed by atoms with Crippen LogP contribution in [-0.4, -0.2) is 12.1 Å². The fourth-order valence-electron chi connectivity index (χ4n) is 3.16. The van der Waals surface area contributed by atoms with Crippen molar-refractivity contribution in [2.45, 2.75) is 85.1 Å². The molecule has 1 saturated carbocycles. The number of rotatable bonds is 5. The maximum absolute atomic E-state index is 3.74. The Kier molecular flexibility index (Phi) is 6.70. The first-order valence-electron chi connectivity index (χ1n) is 8.17. The molecule has 0 bridgehead atoms. The second-order valence-corrected chi connectivity index (χ2v) is 7.54. The van der Waals surface area contributed by atoms with E-state index in [1.165, 1.54) is 51.5 Å². The van der Waals surface area contributed by atoms with Crippen molar-refractivity contribution in [1.29, 1.82) is 0 Å². The molecule has 1 rings (SSSR count). The standard InChI is InChI=1S/C17H35N/c1-6-14(2)12-15-10-8-7-9-11-16(15)13-18-17(3,4)5/h14-16,18H,6-13H2,1-5H3. The predicted octanol–water partition coefficient (Wildman–Crippen LogP) is 5.01. The van der Waals surface area contributed by atoms with E-state index in [9.17, 15) is 0 Å². The third kappa shape index (κ3) is 6.22.